The van der Waals surface area contributed by atoms with Gasteiger partial charge >= 0.3 is 0 Å². The molecule has 2 aromatic rings. The molecule has 29 heavy (non-hydrogen) atoms. The number of sulfonamides is 1. The van der Waals surface area contributed by atoms with Crippen molar-refractivity contribution in [1.82, 2.24) is 4.31 Å². The van der Waals surface area contributed by atoms with Crippen molar-refractivity contribution in [2.24, 2.45) is 0 Å². The van der Waals surface area contributed by atoms with E-state index in [4.69, 9.17) is 4.74 Å². The summed E-state index contributed by atoms with van der Waals surface area (Å²) in [5.74, 6) is -0.369. The summed E-state index contributed by atoms with van der Waals surface area (Å²) in [7, 11) is -2.38. The van der Waals surface area contributed by atoms with Gasteiger partial charge in [-0.2, -0.15) is 4.31 Å². The molecular formula is C19H23N3O6S. The van der Waals surface area contributed by atoms with E-state index in [-0.39, 0.29) is 27.6 Å². The van der Waals surface area contributed by atoms with E-state index >= 15 is 0 Å². The molecular weight excluding hydrogens is 398 g/mol. The van der Waals surface area contributed by atoms with Gasteiger partial charge in [-0.25, -0.2) is 8.42 Å². The number of hydrogen-bond acceptors (Lipinski definition) is 6. The molecule has 0 fully saturated rings. The average molecular weight is 421 g/mol. The highest BCUT2D eigenvalue weighted by Crippen LogP contribution is 2.30. The zero-order valence-electron chi connectivity index (χ0n) is 16.6. The smallest absolute Gasteiger partial charge is 0.271 e. The number of non-ortho nitro benzene ring substituents is 1. The largest absolute Gasteiger partial charge is 0.495 e. The predicted molar refractivity (Wildman–Crippen MR) is 109 cm³/mol. The second-order valence-electron chi connectivity index (χ2n) is 6.17. The zero-order chi connectivity index (χ0) is 21.8. The van der Waals surface area contributed by atoms with Crippen LogP contribution in [-0.2, 0) is 10.0 Å². The average Bonchev–Trinajstić information content (AvgIpc) is 2.68. The number of nitro benzene ring substituents is 1. The van der Waals surface area contributed by atoms with E-state index < -0.39 is 20.9 Å². The first-order valence-corrected chi connectivity index (χ1v) is 10.3. The minimum atomic E-state index is -3.75. The normalized spacial score (nSPS) is 11.3. The van der Waals surface area contributed by atoms with Crippen LogP contribution in [0.15, 0.2) is 41.3 Å². The van der Waals surface area contributed by atoms with E-state index in [1.54, 1.807) is 26.8 Å². The van der Waals surface area contributed by atoms with Crippen LogP contribution in [0.25, 0.3) is 0 Å². The molecule has 2 rings (SSSR count). The summed E-state index contributed by atoms with van der Waals surface area (Å²) in [6.45, 7) is 5.74. The number of carbonyl (C=O) groups excluding carboxylic acids is 1. The molecule has 0 aliphatic rings. The van der Waals surface area contributed by atoms with Crippen LogP contribution in [0.5, 0.6) is 5.75 Å². The Morgan fingerprint density at radius 1 is 1.17 bits per heavy atom. The van der Waals surface area contributed by atoms with Crippen molar-refractivity contribution in [3.63, 3.8) is 0 Å². The highest BCUT2D eigenvalue weighted by Gasteiger charge is 2.25. The molecule has 0 aliphatic carbocycles. The molecule has 0 spiro atoms. The SMILES string of the molecule is CCN(CC)S(=O)(=O)c1cc(C(=O)Nc2cc([N+](=O)[O-])ccc2OC)ccc1C. The summed E-state index contributed by atoms with van der Waals surface area (Å²) in [6, 6.07) is 8.17. The van der Waals surface area contributed by atoms with E-state index in [1.165, 1.54) is 41.7 Å². The third-order valence-corrected chi connectivity index (χ3v) is 6.61. The fourth-order valence-electron chi connectivity index (χ4n) is 2.82. The van der Waals surface area contributed by atoms with Crippen molar-refractivity contribution in [2.75, 3.05) is 25.5 Å². The van der Waals surface area contributed by atoms with E-state index in [0.717, 1.165) is 0 Å². The Morgan fingerprint density at radius 2 is 1.83 bits per heavy atom. The summed E-state index contributed by atoms with van der Waals surface area (Å²) in [4.78, 5) is 23.2. The van der Waals surface area contributed by atoms with E-state index in [1.807, 2.05) is 0 Å². The Morgan fingerprint density at radius 3 is 2.38 bits per heavy atom. The molecule has 10 heteroatoms. The first-order chi connectivity index (χ1) is 13.6. The summed E-state index contributed by atoms with van der Waals surface area (Å²) in [5.41, 5.74) is 0.520. The lowest BCUT2D eigenvalue weighted by atomic mass is 10.1. The second kappa shape index (κ2) is 9.01. The molecule has 0 saturated heterocycles. The lowest BCUT2D eigenvalue weighted by molar-refractivity contribution is -0.384. The summed E-state index contributed by atoms with van der Waals surface area (Å²) < 4.78 is 32.2. The van der Waals surface area contributed by atoms with Crippen molar-refractivity contribution >= 4 is 27.3 Å². The van der Waals surface area contributed by atoms with Crippen LogP contribution >= 0.6 is 0 Å². The molecule has 0 aromatic heterocycles. The Hall–Kier alpha value is -2.98. The summed E-state index contributed by atoms with van der Waals surface area (Å²) >= 11 is 0. The molecule has 0 heterocycles. The number of nitro groups is 1. The molecule has 0 bridgehead atoms. The number of hydrogen-bond donors (Lipinski definition) is 1. The van der Waals surface area contributed by atoms with Gasteiger partial charge in [0.05, 0.1) is 22.6 Å². The number of rotatable bonds is 8. The lowest BCUT2D eigenvalue weighted by Crippen LogP contribution is -2.31. The Bertz CT molecular complexity index is 1030. The van der Waals surface area contributed by atoms with Crippen molar-refractivity contribution in [1.29, 1.82) is 0 Å². The van der Waals surface area contributed by atoms with Gasteiger partial charge in [0.15, 0.2) is 0 Å². The van der Waals surface area contributed by atoms with Gasteiger partial charge in [-0.05, 0) is 30.7 Å². The van der Waals surface area contributed by atoms with Gasteiger partial charge in [0.1, 0.15) is 5.75 Å². The Balaban J connectivity index is 2.43. The number of amides is 1. The molecule has 0 saturated carbocycles. The van der Waals surface area contributed by atoms with Gasteiger partial charge in [0, 0.05) is 30.8 Å². The molecule has 0 atom stereocenters. The second-order valence-corrected chi connectivity index (χ2v) is 8.07. The minimum absolute atomic E-state index is 0.0415. The van der Waals surface area contributed by atoms with Gasteiger partial charge in [-0.1, -0.05) is 19.9 Å². The van der Waals surface area contributed by atoms with E-state index in [2.05, 4.69) is 5.32 Å². The maximum Gasteiger partial charge on any atom is 0.271 e. The first kappa shape index (κ1) is 22.3. The third kappa shape index (κ3) is 4.72. The van der Waals surface area contributed by atoms with Crippen LogP contribution in [0.3, 0.4) is 0 Å². The minimum Gasteiger partial charge on any atom is -0.495 e. The molecule has 1 N–H and O–H groups in total. The Labute approximate surface area is 169 Å². The molecule has 2 aromatic carbocycles. The number of anilines is 1. The fourth-order valence-corrected chi connectivity index (χ4v) is 4.53. The van der Waals surface area contributed by atoms with Gasteiger partial charge in [-0.3, -0.25) is 14.9 Å². The zero-order valence-corrected chi connectivity index (χ0v) is 17.4. The highest BCUT2D eigenvalue weighted by atomic mass is 32.2. The van der Waals surface area contributed by atoms with Crippen LogP contribution in [0, 0.1) is 17.0 Å². The summed E-state index contributed by atoms with van der Waals surface area (Å²) in [5, 5.41) is 13.6. The van der Waals surface area contributed by atoms with Gasteiger partial charge < -0.3 is 10.1 Å². The number of aryl methyl sites for hydroxylation is 1. The number of ether oxygens (including phenoxy) is 1. The standard InChI is InChI=1S/C19H23N3O6S/c1-5-21(6-2)29(26,27)18-11-14(8-7-13(18)3)19(23)20-16-12-15(22(24)25)9-10-17(16)28-4/h7-12H,5-6H2,1-4H3,(H,20,23). The van der Waals surface area contributed by atoms with Crippen molar-refractivity contribution in [3.8, 4) is 5.75 Å². The molecule has 9 nitrogen and oxygen atoms in total. The molecule has 0 aliphatic heterocycles. The number of nitrogens with zero attached hydrogens (tertiary/aromatic N) is 2. The number of nitrogens with one attached hydrogen (secondary N) is 1. The maximum atomic E-state index is 12.9. The molecule has 1 amide bonds. The van der Waals surface area contributed by atoms with Gasteiger partial charge in [0.2, 0.25) is 10.0 Å². The monoisotopic (exact) mass is 421 g/mol. The summed E-state index contributed by atoms with van der Waals surface area (Å²) in [6.07, 6.45) is 0. The van der Waals surface area contributed by atoms with Crippen molar-refractivity contribution < 1.29 is 22.9 Å². The van der Waals surface area contributed by atoms with Crippen LogP contribution < -0.4 is 10.1 Å². The lowest BCUT2D eigenvalue weighted by Gasteiger charge is -2.20. The van der Waals surface area contributed by atoms with Crippen molar-refractivity contribution in [2.45, 2.75) is 25.7 Å². The quantitative estimate of drug-likeness (QED) is 0.516. The predicted octanol–water partition coefficient (Wildman–Crippen LogP) is 3.19. The number of benzene rings is 2. The van der Waals surface area contributed by atoms with Crippen LogP contribution in [0.1, 0.15) is 29.8 Å². The first-order valence-electron chi connectivity index (χ1n) is 8.90. The van der Waals surface area contributed by atoms with E-state index in [0.29, 0.717) is 18.7 Å². The third-order valence-electron chi connectivity index (χ3n) is 4.42. The topological polar surface area (TPSA) is 119 Å². The van der Waals surface area contributed by atoms with Gasteiger partial charge in [0.25, 0.3) is 11.6 Å². The molecule has 0 unspecified atom stereocenters. The fraction of sp³-hybridized carbons (Fsp3) is 0.316. The van der Waals surface area contributed by atoms with Crippen LogP contribution in [-0.4, -0.2) is 43.8 Å². The molecule has 156 valence electrons. The number of carbonyl (C=O) groups is 1. The van der Waals surface area contributed by atoms with Crippen LogP contribution in [0.2, 0.25) is 0 Å². The van der Waals surface area contributed by atoms with E-state index in [9.17, 15) is 23.3 Å². The number of methoxy groups -OCH3 is 1. The Kier molecular flexibility index (Phi) is 6.93. The van der Waals surface area contributed by atoms with Crippen LogP contribution in [0.4, 0.5) is 11.4 Å². The maximum absolute atomic E-state index is 12.9. The van der Waals surface area contributed by atoms with Crippen molar-refractivity contribution in [3.05, 3.63) is 57.6 Å². The van der Waals surface area contributed by atoms with Gasteiger partial charge in [-0.15, -0.1) is 0 Å². The molecule has 0 radical (unpaired) electrons. The highest BCUT2D eigenvalue weighted by molar-refractivity contribution is 7.89.